The minimum Gasteiger partial charge on any atom is -0.343 e. The summed E-state index contributed by atoms with van der Waals surface area (Å²) in [5, 5.41) is 5.20. The van der Waals surface area contributed by atoms with Crippen molar-refractivity contribution in [2.45, 2.75) is 32.7 Å². The number of aromatic nitrogens is 1. The molecule has 3 heterocycles. The van der Waals surface area contributed by atoms with E-state index in [0.29, 0.717) is 11.8 Å². The predicted molar refractivity (Wildman–Crippen MR) is 103 cm³/mol. The molecular formula is C20H27N3OS. The van der Waals surface area contributed by atoms with E-state index < -0.39 is 0 Å². The van der Waals surface area contributed by atoms with Gasteiger partial charge in [0.05, 0.1) is 16.6 Å². The van der Waals surface area contributed by atoms with Gasteiger partial charge in [0.15, 0.2) is 0 Å². The molecule has 25 heavy (non-hydrogen) atoms. The number of likely N-dealkylation sites (tertiary alicyclic amines) is 1. The number of rotatable bonds is 6. The van der Waals surface area contributed by atoms with Crippen molar-refractivity contribution in [3.63, 3.8) is 0 Å². The summed E-state index contributed by atoms with van der Waals surface area (Å²) in [6.45, 7) is 7.81. The molecule has 0 radical (unpaired) electrons. The Morgan fingerprint density at radius 2 is 2.24 bits per heavy atom. The largest absolute Gasteiger partial charge is 0.343 e. The fourth-order valence-electron chi connectivity index (χ4n) is 3.66. The highest BCUT2D eigenvalue weighted by Gasteiger charge is 2.30. The summed E-state index contributed by atoms with van der Waals surface area (Å²) in [5.74, 6) is 1.06. The third kappa shape index (κ3) is 4.89. The third-order valence-electron chi connectivity index (χ3n) is 4.67. The minimum absolute atomic E-state index is 0.00614. The van der Waals surface area contributed by atoms with Crippen LogP contribution in [0.4, 0.5) is 0 Å². The minimum atomic E-state index is -0.0363. The van der Waals surface area contributed by atoms with Gasteiger partial charge in [-0.25, -0.2) is 0 Å². The lowest BCUT2D eigenvalue weighted by Gasteiger charge is -2.37. The van der Waals surface area contributed by atoms with Crippen LogP contribution in [-0.4, -0.2) is 35.4 Å². The molecule has 4 nitrogen and oxygen atoms in total. The van der Waals surface area contributed by atoms with E-state index in [2.05, 4.69) is 29.0 Å². The molecule has 1 saturated heterocycles. The Hall–Kier alpha value is -1.72. The van der Waals surface area contributed by atoms with E-state index in [0.717, 1.165) is 36.6 Å². The summed E-state index contributed by atoms with van der Waals surface area (Å²) < 4.78 is 0. The first-order valence-electron chi connectivity index (χ1n) is 9.11. The Bertz CT molecular complexity index is 657. The molecule has 1 fully saturated rings. The van der Waals surface area contributed by atoms with E-state index in [1.54, 1.807) is 0 Å². The van der Waals surface area contributed by atoms with Gasteiger partial charge in [0.2, 0.25) is 0 Å². The molecule has 0 bridgehead atoms. The van der Waals surface area contributed by atoms with Crippen LogP contribution in [0.3, 0.4) is 0 Å². The van der Waals surface area contributed by atoms with E-state index >= 15 is 0 Å². The predicted octanol–water partition coefficient (Wildman–Crippen LogP) is 3.98. The first-order valence-corrected chi connectivity index (χ1v) is 9.99. The van der Waals surface area contributed by atoms with Crippen molar-refractivity contribution in [3.8, 4) is 0 Å². The molecule has 134 valence electrons. The molecule has 0 spiro atoms. The lowest BCUT2D eigenvalue weighted by molar-refractivity contribution is 0.0875. The average molecular weight is 358 g/mol. The SMILES string of the molecule is CC(C)CN1CCC[C@H]([C@@H](NC(=O)c2cccs2)c2ccccn2)C1. The summed E-state index contributed by atoms with van der Waals surface area (Å²) in [5.41, 5.74) is 0.962. The van der Waals surface area contributed by atoms with Gasteiger partial charge in [-0.2, -0.15) is 0 Å². The van der Waals surface area contributed by atoms with Crippen molar-refractivity contribution in [1.82, 2.24) is 15.2 Å². The third-order valence-corrected chi connectivity index (χ3v) is 5.54. The number of hydrogen-bond donors (Lipinski definition) is 1. The van der Waals surface area contributed by atoms with E-state index in [1.807, 2.05) is 41.9 Å². The number of piperidine rings is 1. The Labute approximate surface area is 154 Å². The zero-order valence-corrected chi connectivity index (χ0v) is 15.8. The number of nitrogens with zero attached hydrogens (tertiary/aromatic N) is 2. The Kier molecular flexibility index (Phi) is 6.21. The molecule has 2 aromatic heterocycles. The lowest BCUT2D eigenvalue weighted by Crippen LogP contribution is -2.44. The Balaban J connectivity index is 1.77. The van der Waals surface area contributed by atoms with E-state index in [1.165, 1.54) is 17.8 Å². The zero-order chi connectivity index (χ0) is 17.6. The van der Waals surface area contributed by atoms with Crippen LogP contribution in [0.25, 0.3) is 0 Å². The first-order chi connectivity index (χ1) is 12.1. The number of amides is 1. The molecule has 1 N–H and O–H groups in total. The van der Waals surface area contributed by atoms with Crippen LogP contribution in [0, 0.1) is 11.8 Å². The molecule has 5 heteroatoms. The molecule has 3 rings (SSSR count). The van der Waals surface area contributed by atoms with Crippen molar-refractivity contribution >= 4 is 17.2 Å². The highest BCUT2D eigenvalue weighted by molar-refractivity contribution is 7.12. The summed E-state index contributed by atoms with van der Waals surface area (Å²) >= 11 is 1.48. The van der Waals surface area contributed by atoms with Crippen LogP contribution in [0.15, 0.2) is 41.9 Å². The molecule has 0 saturated carbocycles. The van der Waals surface area contributed by atoms with Crippen molar-refractivity contribution in [2.75, 3.05) is 19.6 Å². The topological polar surface area (TPSA) is 45.2 Å². The van der Waals surface area contributed by atoms with Gasteiger partial charge >= 0.3 is 0 Å². The van der Waals surface area contributed by atoms with Gasteiger partial charge in [0.1, 0.15) is 0 Å². The molecular weight excluding hydrogens is 330 g/mol. The van der Waals surface area contributed by atoms with Crippen LogP contribution in [-0.2, 0) is 0 Å². The van der Waals surface area contributed by atoms with E-state index in [-0.39, 0.29) is 11.9 Å². The van der Waals surface area contributed by atoms with Crippen LogP contribution < -0.4 is 5.32 Å². The van der Waals surface area contributed by atoms with Gasteiger partial charge in [-0.05, 0) is 54.8 Å². The van der Waals surface area contributed by atoms with Gasteiger partial charge in [0, 0.05) is 19.3 Å². The first kappa shape index (κ1) is 18.1. The van der Waals surface area contributed by atoms with Gasteiger partial charge in [-0.15, -0.1) is 11.3 Å². The van der Waals surface area contributed by atoms with E-state index in [4.69, 9.17) is 0 Å². The number of nitrogens with one attached hydrogen (secondary N) is 1. The van der Waals surface area contributed by atoms with Gasteiger partial charge in [0.25, 0.3) is 5.91 Å². The Morgan fingerprint density at radius 1 is 1.36 bits per heavy atom. The van der Waals surface area contributed by atoms with Gasteiger partial charge in [-0.1, -0.05) is 26.0 Å². The normalized spacial score (nSPS) is 19.7. The summed E-state index contributed by atoms with van der Waals surface area (Å²) in [6.07, 6.45) is 4.12. The summed E-state index contributed by atoms with van der Waals surface area (Å²) in [7, 11) is 0. The Morgan fingerprint density at radius 3 is 2.92 bits per heavy atom. The van der Waals surface area contributed by atoms with Crippen molar-refractivity contribution in [1.29, 1.82) is 0 Å². The highest BCUT2D eigenvalue weighted by atomic mass is 32.1. The second kappa shape index (κ2) is 8.59. The molecule has 1 amide bonds. The molecule has 0 aromatic carbocycles. The summed E-state index contributed by atoms with van der Waals surface area (Å²) in [6, 6.07) is 9.71. The van der Waals surface area contributed by atoms with Crippen LogP contribution in [0.5, 0.6) is 0 Å². The van der Waals surface area contributed by atoms with Crippen LogP contribution >= 0.6 is 11.3 Å². The second-order valence-electron chi connectivity index (χ2n) is 7.24. The smallest absolute Gasteiger partial charge is 0.261 e. The maximum absolute atomic E-state index is 12.6. The molecule has 2 atom stereocenters. The number of carbonyl (C=O) groups is 1. The van der Waals surface area contributed by atoms with Gasteiger partial charge in [-0.3, -0.25) is 9.78 Å². The quantitative estimate of drug-likeness (QED) is 0.850. The van der Waals surface area contributed by atoms with Crippen molar-refractivity contribution in [3.05, 3.63) is 52.5 Å². The second-order valence-corrected chi connectivity index (χ2v) is 8.19. The number of carbonyl (C=O) groups excluding carboxylic acids is 1. The van der Waals surface area contributed by atoms with Crippen LogP contribution in [0.2, 0.25) is 0 Å². The molecule has 1 aliphatic rings. The zero-order valence-electron chi connectivity index (χ0n) is 15.0. The molecule has 0 unspecified atom stereocenters. The fraction of sp³-hybridized carbons (Fsp3) is 0.500. The average Bonchev–Trinajstić information content (AvgIpc) is 3.15. The highest BCUT2D eigenvalue weighted by Crippen LogP contribution is 2.30. The lowest BCUT2D eigenvalue weighted by atomic mass is 9.88. The molecule has 1 aliphatic heterocycles. The monoisotopic (exact) mass is 357 g/mol. The van der Waals surface area contributed by atoms with Crippen molar-refractivity contribution < 1.29 is 4.79 Å². The van der Waals surface area contributed by atoms with Gasteiger partial charge < -0.3 is 10.2 Å². The number of hydrogen-bond acceptors (Lipinski definition) is 4. The molecule has 2 aromatic rings. The number of pyridine rings is 1. The standard InChI is InChI=1S/C20H27N3OS/c1-15(2)13-23-11-5-7-16(14-23)19(17-8-3-4-10-21-17)22-20(24)18-9-6-12-25-18/h3-4,6,8-10,12,15-16,19H,5,7,11,13-14H2,1-2H3,(H,22,24)/t16-,19+/m0/s1. The summed E-state index contributed by atoms with van der Waals surface area (Å²) in [4.78, 5) is 20.5. The molecule has 0 aliphatic carbocycles. The van der Waals surface area contributed by atoms with E-state index in [9.17, 15) is 4.79 Å². The maximum atomic E-state index is 12.6. The maximum Gasteiger partial charge on any atom is 0.261 e. The fourth-order valence-corrected chi connectivity index (χ4v) is 4.29. The van der Waals surface area contributed by atoms with Crippen molar-refractivity contribution in [2.24, 2.45) is 11.8 Å². The number of thiophene rings is 1. The van der Waals surface area contributed by atoms with Crippen LogP contribution in [0.1, 0.15) is 48.1 Å².